The molecule has 0 rings (SSSR count). The first-order chi connectivity index (χ1) is 8.14. The van der Waals surface area contributed by atoms with Crippen molar-refractivity contribution in [2.45, 2.75) is 58.9 Å². The van der Waals surface area contributed by atoms with Crippen LogP contribution in [0.1, 0.15) is 53.4 Å². The number of hydrogen-bond acceptors (Lipinski definition) is 3. The van der Waals surface area contributed by atoms with Gasteiger partial charge in [0.25, 0.3) is 0 Å². The lowest BCUT2D eigenvalue weighted by atomic mass is 9.92. The van der Waals surface area contributed by atoms with Gasteiger partial charge in [-0.3, -0.25) is 5.32 Å². The molecule has 2 nitrogen and oxygen atoms in total. The lowest BCUT2D eigenvalue weighted by Crippen LogP contribution is -2.43. The molecular formula is C14H28N2S. The Morgan fingerprint density at radius 3 is 2.53 bits per heavy atom. The average Bonchev–Trinajstić information content (AvgIpc) is 2.36. The van der Waals surface area contributed by atoms with Crippen molar-refractivity contribution >= 4 is 11.8 Å². The molecule has 0 saturated heterocycles. The molecule has 0 bridgehead atoms. The van der Waals surface area contributed by atoms with E-state index in [9.17, 15) is 5.26 Å². The Hall–Kier alpha value is -0.200. The quantitative estimate of drug-likeness (QED) is 0.603. The number of rotatable bonds is 10. The summed E-state index contributed by atoms with van der Waals surface area (Å²) >= 11 is 2.03. The fraction of sp³-hybridized carbons (Fsp3) is 0.929. The molecule has 2 atom stereocenters. The molecular weight excluding hydrogens is 228 g/mol. The maximum Gasteiger partial charge on any atom is 0.106 e. The molecule has 0 aromatic carbocycles. The Balaban J connectivity index is 3.80. The second kappa shape index (κ2) is 9.79. The zero-order valence-electron chi connectivity index (χ0n) is 11.9. The van der Waals surface area contributed by atoms with Gasteiger partial charge in [0.15, 0.2) is 0 Å². The molecule has 0 radical (unpaired) electrons. The van der Waals surface area contributed by atoms with Crippen LogP contribution in [0.2, 0.25) is 0 Å². The minimum atomic E-state index is -0.286. The van der Waals surface area contributed by atoms with Crippen molar-refractivity contribution in [3.8, 4) is 6.07 Å². The smallest absolute Gasteiger partial charge is 0.106 e. The lowest BCUT2D eigenvalue weighted by Gasteiger charge is -2.26. The third-order valence-corrected chi connectivity index (χ3v) is 4.71. The van der Waals surface area contributed by atoms with E-state index in [1.54, 1.807) is 0 Å². The van der Waals surface area contributed by atoms with Crippen molar-refractivity contribution in [2.24, 2.45) is 5.92 Å². The molecule has 1 N–H and O–H groups in total. The van der Waals surface area contributed by atoms with Gasteiger partial charge in [-0.1, -0.05) is 34.1 Å². The Morgan fingerprint density at radius 2 is 2.06 bits per heavy atom. The van der Waals surface area contributed by atoms with Crippen LogP contribution in [-0.2, 0) is 0 Å². The molecule has 0 amide bonds. The number of thioether (sulfide) groups is 1. The topological polar surface area (TPSA) is 35.8 Å². The minimum Gasteiger partial charge on any atom is -0.300 e. The second-order valence-corrected chi connectivity index (χ2v) is 5.92. The predicted molar refractivity (Wildman–Crippen MR) is 78.3 cm³/mol. The van der Waals surface area contributed by atoms with E-state index < -0.39 is 0 Å². The molecule has 0 aromatic heterocycles. The van der Waals surface area contributed by atoms with Crippen LogP contribution in [-0.4, -0.2) is 23.6 Å². The van der Waals surface area contributed by atoms with Gasteiger partial charge in [0.05, 0.1) is 6.07 Å². The lowest BCUT2D eigenvalue weighted by molar-refractivity contribution is 0.379. The number of nitriles is 1. The van der Waals surface area contributed by atoms with Crippen LogP contribution in [0.3, 0.4) is 0 Å². The van der Waals surface area contributed by atoms with E-state index in [4.69, 9.17) is 0 Å². The number of hydrogen-bond donors (Lipinski definition) is 1. The highest BCUT2D eigenvalue weighted by molar-refractivity contribution is 7.99. The summed E-state index contributed by atoms with van der Waals surface area (Å²) in [6, 6.07) is 2.46. The standard InChI is InChI=1S/C14H28N2S/c1-5-13(4)11-17-10-8-9-14(6-2,12-15)16-7-3/h13,16H,5-11H2,1-4H3. The maximum absolute atomic E-state index is 9.27. The summed E-state index contributed by atoms with van der Waals surface area (Å²) in [5.41, 5.74) is -0.286. The Kier molecular flexibility index (Phi) is 9.68. The van der Waals surface area contributed by atoms with Gasteiger partial charge in [-0.05, 0) is 43.2 Å². The zero-order chi connectivity index (χ0) is 13.1. The van der Waals surface area contributed by atoms with Gasteiger partial charge >= 0.3 is 0 Å². The summed E-state index contributed by atoms with van der Waals surface area (Å²) < 4.78 is 0. The molecule has 0 aliphatic carbocycles. The van der Waals surface area contributed by atoms with Gasteiger partial charge < -0.3 is 0 Å². The van der Waals surface area contributed by atoms with E-state index in [-0.39, 0.29) is 5.54 Å². The molecule has 0 heterocycles. The predicted octanol–water partition coefficient (Wildman–Crippen LogP) is 3.83. The third-order valence-electron chi connectivity index (χ3n) is 3.32. The van der Waals surface area contributed by atoms with E-state index in [0.717, 1.165) is 31.7 Å². The highest BCUT2D eigenvalue weighted by Gasteiger charge is 2.25. The van der Waals surface area contributed by atoms with Gasteiger partial charge in [-0.25, -0.2) is 0 Å². The van der Waals surface area contributed by atoms with Crippen LogP contribution in [0.4, 0.5) is 0 Å². The largest absolute Gasteiger partial charge is 0.300 e. The Bertz CT molecular complexity index is 225. The van der Waals surface area contributed by atoms with Crippen molar-refractivity contribution in [1.29, 1.82) is 5.26 Å². The van der Waals surface area contributed by atoms with Crippen LogP contribution < -0.4 is 5.32 Å². The van der Waals surface area contributed by atoms with Gasteiger partial charge in [0, 0.05) is 0 Å². The Labute approximate surface area is 112 Å². The van der Waals surface area contributed by atoms with Crippen LogP contribution in [0.25, 0.3) is 0 Å². The molecule has 2 unspecified atom stereocenters. The maximum atomic E-state index is 9.27. The summed E-state index contributed by atoms with van der Waals surface area (Å²) in [5, 5.41) is 12.6. The fourth-order valence-electron chi connectivity index (χ4n) is 1.78. The van der Waals surface area contributed by atoms with Gasteiger partial charge in [-0.15, -0.1) is 0 Å². The molecule has 0 spiro atoms. The summed E-state index contributed by atoms with van der Waals surface area (Å²) in [4.78, 5) is 0. The van der Waals surface area contributed by atoms with E-state index >= 15 is 0 Å². The molecule has 100 valence electrons. The SMILES string of the molecule is CCNC(C#N)(CC)CCCSCC(C)CC. The summed E-state index contributed by atoms with van der Waals surface area (Å²) in [6.07, 6.45) is 4.27. The van der Waals surface area contributed by atoms with Crippen molar-refractivity contribution in [3.63, 3.8) is 0 Å². The number of nitrogens with one attached hydrogen (secondary N) is 1. The van der Waals surface area contributed by atoms with Crippen molar-refractivity contribution in [2.75, 3.05) is 18.1 Å². The first-order valence-electron chi connectivity index (χ1n) is 6.88. The van der Waals surface area contributed by atoms with Crippen LogP contribution >= 0.6 is 11.8 Å². The summed E-state index contributed by atoms with van der Waals surface area (Å²) in [7, 11) is 0. The van der Waals surface area contributed by atoms with Gasteiger partial charge in [0.2, 0.25) is 0 Å². The molecule has 0 aliphatic heterocycles. The molecule has 0 aliphatic rings. The van der Waals surface area contributed by atoms with E-state index in [2.05, 4.69) is 39.1 Å². The van der Waals surface area contributed by atoms with Crippen molar-refractivity contribution in [3.05, 3.63) is 0 Å². The minimum absolute atomic E-state index is 0.286. The van der Waals surface area contributed by atoms with E-state index in [0.29, 0.717) is 0 Å². The number of nitrogens with zero attached hydrogens (tertiary/aromatic N) is 1. The first kappa shape index (κ1) is 16.8. The summed E-state index contributed by atoms with van der Waals surface area (Å²) in [6.45, 7) is 9.59. The van der Waals surface area contributed by atoms with Gasteiger partial charge in [-0.2, -0.15) is 17.0 Å². The molecule has 0 aromatic rings. The monoisotopic (exact) mass is 256 g/mol. The zero-order valence-corrected chi connectivity index (χ0v) is 12.7. The Morgan fingerprint density at radius 1 is 1.35 bits per heavy atom. The van der Waals surface area contributed by atoms with Crippen LogP contribution in [0.15, 0.2) is 0 Å². The fourth-order valence-corrected chi connectivity index (χ4v) is 2.93. The van der Waals surface area contributed by atoms with Gasteiger partial charge in [0.1, 0.15) is 5.54 Å². The second-order valence-electron chi connectivity index (χ2n) is 4.77. The highest BCUT2D eigenvalue weighted by Crippen LogP contribution is 2.19. The summed E-state index contributed by atoms with van der Waals surface area (Å²) in [5.74, 6) is 3.25. The highest BCUT2D eigenvalue weighted by atomic mass is 32.2. The molecule has 17 heavy (non-hydrogen) atoms. The van der Waals surface area contributed by atoms with Crippen molar-refractivity contribution < 1.29 is 0 Å². The van der Waals surface area contributed by atoms with Crippen molar-refractivity contribution in [1.82, 2.24) is 5.32 Å². The molecule has 0 saturated carbocycles. The van der Waals surface area contributed by atoms with Crippen LogP contribution in [0, 0.1) is 17.2 Å². The first-order valence-corrected chi connectivity index (χ1v) is 8.03. The molecule has 0 fully saturated rings. The van der Waals surface area contributed by atoms with E-state index in [1.807, 2.05) is 11.8 Å². The third kappa shape index (κ3) is 6.95. The average molecular weight is 256 g/mol. The molecule has 3 heteroatoms. The van der Waals surface area contributed by atoms with E-state index in [1.165, 1.54) is 17.9 Å². The van der Waals surface area contributed by atoms with Crippen LogP contribution in [0.5, 0.6) is 0 Å². The normalized spacial score (nSPS) is 16.2.